The first-order chi connectivity index (χ1) is 6.19. The molecule has 0 aliphatic carbocycles. The molecule has 0 bridgehead atoms. The fraction of sp³-hybridized carbons (Fsp3) is 0.143. The summed E-state index contributed by atoms with van der Waals surface area (Å²) in [5, 5.41) is 8.24. The van der Waals surface area contributed by atoms with Gasteiger partial charge in [-0.2, -0.15) is 4.39 Å². The lowest BCUT2D eigenvalue weighted by Gasteiger charge is -2.06. The summed E-state index contributed by atoms with van der Waals surface area (Å²) >= 11 is 0. The Hall–Kier alpha value is -1.30. The molecule has 0 heterocycles. The third-order valence-corrected chi connectivity index (χ3v) is 1.38. The quantitative estimate of drug-likeness (QED) is 0.713. The summed E-state index contributed by atoms with van der Waals surface area (Å²) < 4.78 is 34.5. The van der Waals surface area contributed by atoms with Gasteiger partial charge in [0.05, 0.1) is 7.11 Å². The third kappa shape index (κ3) is 2.09. The lowest BCUT2D eigenvalue weighted by molar-refractivity contribution is 0.366. The highest BCUT2D eigenvalue weighted by molar-refractivity contribution is 6.17. The fourth-order valence-corrected chi connectivity index (χ4v) is 0.818. The van der Waals surface area contributed by atoms with Crippen molar-refractivity contribution < 1.29 is 23.2 Å². The zero-order valence-corrected chi connectivity index (χ0v) is 6.75. The van der Waals surface area contributed by atoms with Gasteiger partial charge in [-0.05, 0) is 0 Å². The smallest absolute Gasteiger partial charge is 0.537 e. The molecule has 0 spiro atoms. The van der Waals surface area contributed by atoms with Gasteiger partial charge in [0.25, 0.3) is 0 Å². The number of ether oxygens (including phenoxy) is 1. The number of methoxy groups -OCH3 is 1. The first-order valence-corrected chi connectivity index (χ1v) is 3.34. The number of rotatable bonds is 3. The van der Waals surface area contributed by atoms with Gasteiger partial charge in [-0.3, -0.25) is 0 Å². The Morgan fingerprint density at radius 3 is 2.62 bits per heavy atom. The number of halogens is 2. The Labute approximate surface area is 74.2 Å². The van der Waals surface area contributed by atoms with E-state index >= 15 is 0 Å². The van der Waals surface area contributed by atoms with Crippen LogP contribution in [0.5, 0.6) is 11.5 Å². The Morgan fingerprint density at radius 1 is 1.38 bits per heavy atom. The van der Waals surface area contributed by atoms with Crippen molar-refractivity contribution in [3.8, 4) is 11.5 Å². The summed E-state index contributed by atoms with van der Waals surface area (Å²) in [4.78, 5) is 0. The highest BCUT2D eigenvalue weighted by atomic mass is 19.2. The summed E-state index contributed by atoms with van der Waals surface area (Å²) in [6.45, 7) is 0. The molecule has 0 unspecified atom stereocenters. The Morgan fingerprint density at radius 2 is 2.08 bits per heavy atom. The second-order valence-electron chi connectivity index (χ2n) is 2.14. The Bertz CT molecular complexity index is 306. The Balaban J connectivity index is 3.06. The van der Waals surface area contributed by atoms with Crippen LogP contribution in [0, 0.1) is 11.6 Å². The van der Waals surface area contributed by atoms with Crippen LogP contribution in [-0.4, -0.2) is 19.8 Å². The summed E-state index contributed by atoms with van der Waals surface area (Å²) in [6.07, 6.45) is 0. The molecule has 0 aliphatic rings. The molecule has 6 heteroatoms. The van der Waals surface area contributed by atoms with Crippen molar-refractivity contribution in [2.75, 3.05) is 7.11 Å². The molecule has 1 aromatic carbocycles. The van der Waals surface area contributed by atoms with E-state index in [9.17, 15) is 8.78 Å². The standard InChI is InChI=1S/C7H6BF2O3/c1-12-6-3-4(13-8-11)2-5(9)7(6)10/h2-3,11H,1H3. The van der Waals surface area contributed by atoms with Crippen molar-refractivity contribution in [3.05, 3.63) is 23.8 Å². The van der Waals surface area contributed by atoms with Crippen LogP contribution >= 0.6 is 0 Å². The molecule has 0 aliphatic heterocycles. The molecule has 1 radical (unpaired) electrons. The van der Waals surface area contributed by atoms with Gasteiger partial charge in [-0.25, -0.2) is 4.39 Å². The van der Waals surface area contributed by atoms with E-state index in [2.05, 4.69) is 9.39 Å². The van der Waals surface area contributed by atoms with Gasteiger partial charge in [0, 0.05) is 12.1 Å². The molecule has 1 rings (SSSR count). The summed E-state index contributed by atoms with van der Waals surface area (Å²) in [6, 6.07) is 1.91. The van der Waals surface area contributed by atoms with Gasteiger partial charge >= 0.3 is 7.69 Å². The van der Waals surface area contributed by atoms with Crippen molar-refractivity contribution in [1.29, 1.82) is 0 Å². The minimum absolute atomic E-state index is 0.0433. The molecule has 0 amide bonds. The van der Waals surface area contributed by atoms with Crippen LogP contribution in [0.25, 0.3) is 0 Å². The maximum atomic E-state index is 12.8. The van der Waals surface area contributed by atoms with Gasteiger partial charge in [0.2, 0.25) is 5.82 Å². The molecular formula is C7H6BF2O3. The molecule has 0 saturated carbocycles. The molecule has 1 aromatic rings. The summed E-state index contributed by atoms with van der Waals surface area (Å²) in [5.74, 6) is -2.51. The molecule has 0 atom stereocenters. The average molecular weight is 187 g/mol. The highest BCUT2D eigenvalue weighted by Crippen LogP contribution is 2.25. The van der Waals surface area contributed by atoms with Crippen molar-refractivity contribution >= 4 is 7.69 Å². The predicted molar refractivity (Wildman–Crippen MR) is 41.5 cm³/mol. The van der Waals surface area contributed by atoms with Crippen LogP contribution < -0.4 is 9.39 Å². The van der Waals surface area contributed by atoms with Crippen LogP contribution in [0.2, 0.25) is 0 Å². The maximum absolute atomic E-state index is 12.8. The molecule has 13 heavy (non-hydrogen) atoms. The summed E-state index contributed by atoms with van der Waals surface area (Å²) in [5.41, 5.74) is 0. The second kappa shape index (κ2) is 4.09. The van der Waals surface area contributed by atoms with E-state index in [-0.39, 0.29) is 11.5 Å². The predicted octanol–water partition coefficient (Wildman–Crippen LogP) is 0.879. The average Bonchev–Trinajstić information content (AvgIpc) is 2.11. The van der Waals surface area contributed by atoms with Crippen molar-refractivity contribution in [3.63, 3.8) is 0 Å². The molecule has 1 N–H and O–H groups in total. The minimum Gasteiger partial charge on any atom is -0.537 e. The normalized spacial score (nSPS) is 9.54. The van der Waals surface area contributed by atoms with Crippen molar-refractivity contribution in [1.82, 2.24) is 0 Å². The third-order valence-electron chi connectivity index (χ3n) is 1.38. The molecular weight excluding hydrogens is 181 g/mol. The van der Waals surface area contributed by atoms with Gasteiger partial charge in [0.1, 0.15) is 5.75 Å². The number of hydrogen-bond acceptors (Lipinski definition) is 3. The second-order valence-corrected chi connectivity index (χ2v) is 2.14. The van der Waals surface area contributed by atoms with Crippen LogP contribution in [0.3, 0.4) is 0 Å². The molecule has 0 fully saturated rings. The van der Waals surface area contributed by atoms with Gasteiger partial charge in [-0.15, -0.1) is 0 Å². The number of hydrogen-bond donors (Lipinski definition) is 1. The highest BCUT2D eigenvalue weighted by Gasteiger charge is 2.11. The van der Waals surface area contributed by atoms with E-state index in [1.807, 2.05) is 0 Å². The first kappa shape index (κ1) is 9.79. The zero-order chi connectivity index (χ0) is 9.84. The van der Waals surface area contributed by atoms with Gasteiger partial charge in [-0.1, -0.05) is 0 Å². The molecule has 0 saturated heterocycles. The largest absolute Gasteiger partial charge is 0.569 e. The van der Waals surface area contributed by atoms with E-state index < -0.39 is 11.6 Å². The van der Waals surface area contributed by atoms with Gasteiger partial charge in [0.15, 0.2) is 11.6 Å². The topological polar surface area (TPSA) is 38.7 Å². The molecule has 3 nitrogen and oxygen atoms in total. The van der Waals surface area contributed by atoms with Crippen LogP contribution in [-0.2, 0) is 0 Å². The van der Waals surface area contributed by atoms with Crippen LogP contribution in [0.1, 0.15) is 0 Å². The minimum atomic E-state index is -1.10. The van der Waals surface area contributed by atoms with E-state index in [1.165, 1.54) is 7.11 Å². The first-order valence-electron chi connectivity index (χ1n) is 3.34. The van der Waals surface area contributed by atoms with E-state index in [4.69, 9.17) is 5.02 Å². The summed E-state index contributed by atoms with van der Waals surface area (Å²) in [7, 11) is 1.57. The van der Waals surface area contributed by atoms with E-state index in [1.54, 1.807) is 0 Å². The molecule has 69 valence electrons. The van der Waals surface area contributed by atoms with E-state index in [0.717, 1.165) is 12.1 Å². The lowest BCUT2D eigenvalue weighted by Crippen LogP contribution is -2.01. The van der Waals surface area contributed by atoms with E-state index in [0.29, 0.717) is 7.69 Å². The van der Waals surface area contributed by atoms with Crippen LogP contribution in [0.4, 0.5) is 8.78 Å². The molecule has 0 aromatic heterocycles. The zero-order valence-electron chi connectivity index (χ0n) is 6.75. The Kier molecular flexibility index (Phi) is 3.08. The fourth-order valence-electron chi connectivity index (χ4n) is 0.818. The SMILES string of the molecule is COc1cc(O[B]O)cc(F)c1F. The lowest BCUT2D eigenvalue weighted by atomic mass is 10.3. The monoisotopic (exact) mass is 187 g/mol. The number of benzene rings is 1. The van der Waals surface area contributed by atoms with Crippen molar-refractivity contribution in [2.45, 2.75) is 0 Å². The van der Waals surface area contributed by atoms with Crippen molar-refractivity contribution in [2.24, 2.45) is 0 Å². The van der Waals surface area contributed by atoms with Crippen LogP contribution in [0.15, 0.2) is 12.1 Å². The van der Waals surface area contributed by atoms with Gasteiger partial charge < -0.3 is 14.4 Å². The maximum Gasteiger partial charge on any atom is 0.569 e.